The van der Waals surface area contributed by atoms with E-state index in [9.17, 15) is 26.4 Å². The van der Waals surface area contributed by atoms with Gasteiger partial charge in [0.05, 0.1) is 12.0 Å². The first-order valence-corrected chi connectivity index (χ1v) is 10.4. The third-order valence-electron chi connectivity index (χ3n) is 3.39. The van der Waals surface area contributed by atoms with Crippen molar-refractivity contribution in [3.63, 3.8) is 0 Å². The van der Waals surface area contributed by atoms with E-state index >= 15 is 0 Å². The van der Waals surface area contributed by atoms with Gasteiger partial charge in [-0.05, 0) is 29.7 Å². The number of halogens is 3. The van der Waals surface area contributed by atoms with Crippen molar-refractivity contribution in [2.45, 2.75) is 11.1 Å². The molecule has 0 amide bonds. The molecule has 0 atom stereocenters. The highest BCUT2D eigenvalue weighted by atomic mass is 32.2. The van der Waals surface area contributed by atoms with Crippen LogP contribution in [-0.2, 0) is 19.4 Å². The summed E-state index contributed by atoms with van der Waals surface area (Å²) >= 11 is 0.821. The number of hydrogen-bond donors (Lipinski definition) is 1. The zero-order chi connectivity index (χ0) is 21.8. The van der Waals surface area contributed by atoms with Crippen LogP contribution in [0.3, 0.4) is 0 Å². The standard InChI is InChI=1S/C16H15F3N4O4S2/c1-27-13(24)8-21-11(7-12(20)16(17,18)19)14-22-15(28-23-14)9-4-3-5-10(6-9)29(2,25)26/h3-7H,8,20H2,1-2H3/b12-7-,21-11?. The predicted octanol–water partition coefficient (Wildman–Crippen LogP) is 1.98. The lowest BCUT2D eigenvalue weighted by Gasteiger charge is -2.06. The number of aromatic nitrogens is 2. The summed E-state index contributed by atoms with van der Waals surface area (Å²) in [7, 11) is -2.36. The van der Waals surface area contributed by atoms with Crippen molar-refractivity contribution in [2.75, 3.05) is 19.9 Å². The van der Waals surface area contributed by atoms with Gasteiger partial charge in [0, 0.05) is 11.8 Å². The van der Waals surface area contributed by atoms with E-state index in [1.54, 1.807) is 6.07 Å². The summed E-state index contributed by atoms with van der Waals surface area (Å²) in [6.45, 7) is -0.564. The number of rotatable bonds is 6. The Morgan fingerprint density at radius 3 is 2.66 bits per heavy atom. The molecule has 29 heavy (non-hydrogen) atoms. The zero-order valence-electron chi connectivity index (χ0n) is 15.1. The number of benzene rings is 1. The molecule has 1 aromatic heterocycles. The number of nitrogens with zero attached hydrogens (tertiary/aromatic N) is 3. The van der Waals surface area contributed by atoms with Gasteiger partial charge in [-0.1, -0.05) is 12.1 Å². The van der Waals surface area contributed by atoms with Gasteiger partial charge in [-0.2, -0.15) is 17.5 Å². The summed E-state index contributed by atoms with van der Waals surface area (Å²) < 4.78 is 70.1. The molecule has 1 aromatic carbocycles. The highest BCUT2D eigenvalue weighted by Gasteiger charge is 2.32. The van der Waals surface area contributed by atoms with Crippen molar-refractivity contribution in [2.24, 2.45) is 10.7 Å². The van der Waals surface area contributed by atoms with Crippen LogP contribution in [0, 0.1) is 0 Å². The molecule has 0 aliphatic heterocycles. The summed E-state index contributed by atoms with van der Waals surface area (Å²) in [5.41, 5.74) is 3.62. The summed E-state index contributed by atoms with van der Waals surface area (Å²) in [5, 5.41) is 0.246. The van der Waals surface area contributed by atoms with Crippen molar-refractivity contribution in [3.8, 4) is 10.6 Å². The van der Waals surface area contributed by atoms with Crippen LogP contribution in [0.2, 0.25) is 0 Å². The lowest BCUT2D eigenvalue weighted by molar-refractivity contribution is -0.138. The molecule has 0 saturated heterocycles. The van der Waals surface area contributed by atoms with Crippen molar-refractivity contribution < 1.29 is 31.1 Å². The monoisotopic (exact) mass is 448 g/mol. The smallest absolute Gasteiger partial charge is 0.430 e. The summed E-state index contributed by atoms with van der Waals surface area (Å²) in [4.78, 5) is 19.2. The summed E-state index contributed by atoms with van der Waals surface area (Å²) in [5.74, 6) is -0.983. The Morgan fingerprint density at radius 1 is 1.38 bits per heavy atom. The SMILES string of the molecule is COC(=O)CN=C(/C=C(\N)C(F)(F)F)c1nsc(-c2cccc(S(C)(=O)=O)c2)n1. The van der Waals surface area contributed by atoms with Gasteiger partial charge in [-0.15, -0.1) is 0 Å². The van der Waals surface area contributed by atoms with Crippen LogP contribution in [0.25, 0.3) is 10.6 Å². The maximum atomic E-state index is 12.8. The molecule has 0 bridgehead atoms. The third-order valence-corrected chi connectivity index (χ3v) is 5.26. The number of carbonyl (C=O) groups is 1. The van der Waals surface area contributed by atoms with Gasteiger partial charge in [0.1, 0.15) is 23.0 Å². The minimum atomic E-state index is -4.81. The third kappa shape index (κ3) is 6.09. The largest absolute Gasteiger partial charge is 0.468 e. The number of sulfone groups is 1. The number of ether oxygens (including phenoxy) is 1. The first kappa shape index (κ1) is 22.5. The molecule has 1 heterocycles. The van der Waals surface area contributed by atoms with Gasteiger partial charge in [-0.3, -0.25) is 9.79 Å². The molecule has 0 aliphatic rings. The van der Waals surface area contributed by atoms with Gasteiger partial charge < -0.3 is 10.5 Å². The van der Waals surface area contributed by atoms with Crippen LogP contribution in [0.5, 0.6) is 0 Å². The molecule has 2 aromatic rings. The molecule has 2 N–H and O–H groups in total. The number of carbonyl (C=O) groups excluding carboxylic acids is 1. The number of esters is 1. The fourth-order valence-electron chi connectivity index (χ4n) is 1.93. The van der Waals surface area contributed by atoms with E-state index in [1.165, 1.54) is 18.2 Å². The number of methoxy groups -OCH3 is 1. The van der Waals surface area contributed by atoms with E-state index in [-0.39, 0.29) is 21.4 Å². The quantitative estimate of drug-likeness (QED) is 0.529. The molecule has 8 nitrogen and oxygen atoms in total. The fraction of sp³-hybridized carbons (Fsp3) is 0.250. The Balaban J connectivity index is 2.47. The normalized spacial score (nSPS) is 13.4. The summed E-state index contributed by atoms with van der Waals surface area (Å²) in [6, 6.07) is 5.84. The first-order chi connectivity index (χ1) is 13.4. The second-order valence-electron chi connectivity index (χ2n) is 5.60. The minimum absolute atomic E-state index is 0.0487. The predicted molar refractivity (Wildman–Crippen MR) is 100 cm³/mol. The van der Waals surface area contributed by atoms with Crippen molar-refractivity contribution >= 4 is 33.1 Å². The molecule has 0 radical (unpaired) electrons. The molecular formula is C16H15F3N4O4S2. The first-order valence-electron chi connectivity index (χ1n) is 7.72. The molecule has 0 saturated carbocycles. The topological polar surface area (TPSA) is 125 Å². The number of hydrogen-bond acceptors (Lipinski definition) is 9. The average molecular weight is 448 g/mol. The van der Waals surface area contributed by atoms with Crippen LogP contribution in [-0.4, -0.2) is 55.5 Å². The van der Waals surface area contributed by atoms with E-state index in [0.717, 1.165) is 24.9 Å². The van der Waals surface area contributed by atoms with Gasteiger partial charge >= 0.3 is 12.1 Å². The molecule has 0 spiro atoms. The highest BCUT2D eigenvalue weighted by Crippen LogP contribution is 2.26. The second kappa shape index (κ2) is 8.69. The fourth-order valence-corrected chi connectivity index (χ4v) is 3.26. The van der Waals surface area contributed by atoms with E-state index in [1.807, 2.05) is 0 Å². The minimum Gasteiger partial charge on any atom is -0.468 e. The van der Waals surface area contributed by atoms with Gasteiger partial charge in [0.25, 0.3) is 0 Å². The molecular weight excluding hydrogens is 433 g/mol. The Morgan fingerprint density at radius 2 is 2.07 bits per heavy atom. The number of aliphatic imine (C=N–C) groups is 1. The second-order valence-corrected chi connectivity index (χ2v) is 8.37. The number of allylic oxidation sites excluding steroid dienone is 2. The van der Waals surface area contributed by atoms with Crippen molar-refractivity contribution in [1.29, 1.82) is 0 Å². The molecule has 156 valence electrons. The Bertz CT molecular complexity index is 1080. The maximum Gasteiger partial charge on any atom is 0.430 e. The Hall–Kier alpha value is -2.80. The van der Waals surface area contributed by atoms with Crippen LogP contribution >= 0.6 is 11.5 Å². The molecule has 0 unspecified atom stereocenters. The van der Waals surface area contributed by atoms with E-state index < -0.39 is 34.2 Å². The molecule has 0 aliphatic carbocycles. The Labute approximate surface area is 168 Å². The molecule has 0 fully saturated rings. The number of nitrogens with two attached hydrogens (primary N) is 1. The lowest BCUT2D eigenvalue weighted by atomic mass is 10.2. The van der Waals surface area contributed by atoms with Gasteiger partial charge in [0.15, 0.2) is 15.7 Å². The van der Waals surface area contributed by atoms with E-state index in [2.05, 4.69) is 19.1 Å². The highest BCUT2D eigenvalue weighted by molar-refractivity contribution is 7.90. The zero-order valence-corrected chi connectivity index (χ0v) is 16.7. The van der Waals surface area contributed by atoms with E-state index in [0.29, 0.717) is 11.6 Å². The van der Waals surface area contributed by atoms with E-state index in [4.69, 9.17) is 5.73 Å². The average Bonchev–Trinajstić information content (AvgIpc) is 3.13. The lowest BCUT2D eigenvalue weighted by Crippen LogP contribution is -2.21. The van der Waals surface area contributed by atoms with Crippen LogP contribution in [0.4, 0.5) is 13.2 Å². The van der Waals surface area contributed by atoms with Crippen molar-refractivity contribution in [3.05, 3.63) is 41.9 Å². The maximum absolute atomic E-state index is 12.8. The van der Waals surface area contributed by atoms with Gasteiger partial charge in [-0.25, -0.2) is 13.4 Å². The van der Waals surface area contributed by atoms with Crippen molar-refractivity contribution in [1.82, 2.24) is 9.36 Å². The van der Waals surface area contributed by atoms with Crippen LogP contribution in [0.1, 0.15) is 5.82 Å². The summed E-state index contributed by atoms with van der Waals surface area (Å²) in [6.07, 6.45) is -3.25. The van der Waals surface area contributed by atoms with Gasteiger partial charge in [0.2, 0.25) is 0 Å². The molecule has 2 rings (SSSR count). The van der Waals surface area contributed by atoms with Crippen LogP contribution in [0.15, 0.2) is 45.9 Å². The number of alkyl halides is 3. The Kier molecular flexibility index (Phi) is 6.74. The van der Waals surface area contributed by atoms with Crippen LogP contribution < -0.4 is 5.73 Å². The molecule has 13 heteroatoms.